The highest BCUT2D eigenvalue weighted by Gasteiger charge is 2.07. The van der Waals surface area contributed by atoms with E-state index in [2.05, 4.69) is 5.16 Å². The molecular weight excluding hydrogens is 204 g/mol. The quantitative estimate of drug-likeness (QED) is 0.676. The van der Waals surface area contributed by atoms with Crippen LogP contribution in [0.3, 0.4) is 0 Å². The van der Waals surface area contributed by atoms with Crippen molar-refractivity contribution in [2.24, 2.45) is 0 Å². The van der Waals surface area contributed by atoms with Crippen molar-refractivity contribution in [3.63, 3.8) is 0 Å². The van der Waals surface area contributed by atoms with Crippen molar-refractivity contribution in [1.82, 2.24) is 5.16 Å². The number of nitrogens with zero attached hydrogens (tertiary/aromatic N) is 1. The number of nitrogen functional groups attached to an aromatic ring is 1. The number of fused-ring (bicyclic) bond motifs is 1. The topological polar surface area (TPSA) is 65.2 Å². The fraction of sp³-hybridized carbons (Fsp3) is 0.0833. The van der Waals surface area contributed by atoms with Gasteiger partial charge in [-0.25, -0.2) is 0 Å². The molecule has 1 aromatic carbocycles. The van der Waals surface area contributed by atoms with Crippen LogP contribution in [-0.2, 0) is 0 Å². The molecule has 3 aromatic rings. The zero-order chi connectivity index (χ0) is 11.1. The van der Waals surface area contributed by atoms with E-state index in [-0.39, 0.29) is 0 Å². The number of aromatic nitrogens is 1. The van der Waals surface area contributed by atoms with Crippen molar-refractivity contribution < 1.29 is 8.94 Å². The molecule has 0 spiro atoms. The highest BCUT2D eigenvalue weighted by atomic mass is 16.5. The monoisotopic (exact) mass is 214 g/mol. The summed E-state index contributed by atoms with van der Waals surface area (Å²) in [5.74, 6) is 1.92. The maximum Gasteiger partial charge on any atom is 0.169 e. The standard InChI is InChI=1S/C12H10N2O2/c1-7-4-8-2-3-9(5-10(8)15-7)11-6-12(13)14-16-11/h2-6H,1H3,(H2,13,14). The number of anilines is 1. The first-order valence-electron chi connectivity index (χ1n) is 4.95. The van der Waals surface area contributed by atoms with Crippen LogP contribution in [0.2, 0.25) is 0 Å². The fourth-order valence-corrected chi connectivity index (χ4v) is 1.74. The number of hydrogen-bond donors (Lipinski definition) is 1. The molecule has 0 fully saturated rings. The average Bonchev–Trinajstić information content (AvgIpc) is 2.81. The van der Waals surface area contributed by atoms with E-state index in [9.17, 15) is 0 Å². The summed E-state index contributed by atoms with van der Waals surface area (Å²) in [6.45, 7) is 1.92. The van der Waals surface area contributed by atoms with Crippen LogP contribution in [0.4, 0.5) is 5.82 Å². The van der Waals surface area contributed by atoms with Crippen molar-refractivity contribution in [3.05, 3.63) is 36.1 Å². The summed E-state index contributed by atoms with van der Waals surface area (Å²) in [5, 5.41) is 4.73. The first-order valence-corrected chi connectivity index (χ1v) is 4.95. The molecule has 4 nitrogen and oxygen atoms in total. The van der Waals surface area contributed by atoms with Gasteiger partial charge in [0.2, 0.25) is 0 Å². The minimum absolute atomic E-state index is 0.380. The van der Waals surface area contributed by atoms with Gasteiger partial charge in [-0.2, -0.15) is 0 Å². The minimum atomic E-state index is 0.380. The molecule has 0 aliphatic rings. The molecule has 16 heavy (non-hydrogen) atoms. The van der Waals surface area contributed by atoms with E-state index in [1.54, 1.807) is 6.07 Å². The van der Waals surface area contributed by atoms with Gasteiger partial charge in [0.05, 0.1) is 0 Å². The zero-order valence-electron chi connectivity index (χ0n) is 8.73. The normalized spacial score (nSPS) is 11.1. The first kappa shape index (κ1) is 9.03. The van der Waals surface area contributed by atoms with Gasteiger partial charge in [0.15, 0.2) is 11.6 Å². The van der Waals surface area contributed by atoms with E-state index in [0.717, 1.165) is 22.3 Å². The predicted octanol–water partition coefficient (Wildman–Crippen LogP) is 2.98. The molecule has 0 saturated heterocycles. The molecule has 0 unspecified atom stereocenters. The third-order valence-electron chi connectivity index (χ3n) is 2.46. The minimum Gasteiger partial charge on any atom is -0.461 e. The molecule has 0 radical (unpaired) electrons. The lowest BCUT2D eigenvalue weighted by Crippen LogP contribution is -1.79. The smallest absolute Gasteiger partial charge is 0.169 e. The van der Waals surface area contributed by atoms with Gasteiger partial charge in [0, 0.05) is 17.0 Å². The van der Waals surface area contributed by atoms with Crippen molar-refractivity contribution in [2.45, 2.75) is 6.92 Å². The van der Waals surface area contributed by atoms with Crippen molar-refractivity contribution in [2.75, 3.05) is 5.73 Å². The van der Waals surface area contributed by atoms with Crippen molar-refractivity contribution >= 4 is 16.8 Å². The Hall–Kier alpha value is -2.23. The summed E-state index contributed by atoms with van der Waals surface area (Å²) in [5.41, 5.74) is 7.25. The Labute approximate surface area is 91.6 Å². The molecule has 0 amide bonds. The third-order valence-corrected chi connectivity index (χ3v) is 2.46. The Kier molecular flexibility index (Phi) is 1.77. The second kappa shape index (κ2) is 3.13. The predicted molar refractivity (Wildman–Crippen MR) is 60.9 cm³/mol. The second-order valence-corrected chi connectivity index (χ2v) is 3.73. The van der Waals surface area contributed by atoms with Crippen LogP contribution >= 0.6 is 0 Å². The SMILES string of the molecule is Cc1cc2ccc(-c3cc(N)no3)cc2o1. The summed E-state index contributed by atoms with van der Waals surface area (Å²) in [7, 11) is 0. The van der Waals surface area contributed by atoms with Gasteiger partial charge in [-0.15, -0.1) is 0 Å². The third kappa shape index (κ3) is 1.35. The molecule has 2 heterocycles. The van der Waals surface area contributed by atoms with Crippen LogP contribution < -0.4 is 5.73 Å². The second-order valence-electron chi connectivity index (χ2n) is 3.73. The van der Waals surface area contributed by atoms with Gasteiger partial charge in [-0.05, 0) is 19.1 Å². The summed E-state index contributed by atoms with van der Waals surface area (Å²) >= 11 is 0. The van der Waals surface area contributed by atoms with Gasteiger partial charge in [0.25, 0.3) is 0 Å². The van der Waals surface area contributed by atoms with Gasteiger partial charge >= 0.3 is 0 Å². The molecule has 0 bridgehead atoms. The number of nitrogens with two attached hydrogens (primary N) is 1. The van der Waals surface area contributed by atoms with E-state index in [1.807, 2.05) is 31.2 Å². The lowest BCUT2D eigenvalue weighted by atomic mass is 10.1. The number of rotatable bonds is 1. The maximum atomic E-state index is 5.54. The number of benzene rings is 1. The molecule has 3 rings (SSSR count). The van der Waals surface area contributed by atoms with Crippen LogP contribution in [0.25, 0.3) is 22.3 Å². The van der Waals surface area contributed by atoms with Crippen LogP contribution in [0.1, 0.15) is 5.76 Å². The Morgan fingerprint density at radius 2 is 2.06 bits per heavy atom. The average molecular weight is 214 g/mol. The largest absolute Gasteiger partial charge is 0.461 e. The van der Waals surface area contributed by atoms with E-state index in [4.69, 9.17) is 14.7 Å². The molecule has 4 heteroatoms. The summed E-state index contributed by atoms with van der Waals surface area (Å²) < 4.78 is 10.6. The summed E-state index contributed by atoms with van der Waals surface area (Å²) in [6, 6.07) is 9.55. The highest BCUT2D eigenvalue weighted by Crippen LogP contribution is 2.27. The maximum absolute atomic E-state index is 5.54. The molecule has 80 valence electrons. The van der Waals surface area contributed by atoms with Crippen molar-refractivity contribution in [1.29, 1.82) is 0 Å². The number of hydrogen-bond acceptors (Lipinski definition) is 4. The van der Waals surface area contributed by atoms with Gasteiger partial charge in [0.1, 0.15) is 11.3 Å². The van der Waals surface area contributed by atoms with Gasteiger partial charge < -0.3 is 14.7 Å². The van der Waals surface area contributed by atoms with Crippen LogP contribution in [0.5, 0.6) is 0 Å². The lowest BCUT2D eigenvalue weighted by Gasteiger charge is -1.94. The molecule has 2 N–H and O–H groups in total. The van der Waals surface area contributed by atoms with E-state index in [0.29, 0.717) is 11.6 Å². The fourth-order valence-electron chi connectivity index (χ4n) is 1.74. The molecule has 0 saturated carbocycles. The zero-order valence-corrected chi connectivity index (χ0v) is 8.73. The van der Waals surface area contributed by atoms with E-state index in [1.165, 1.54) is 0 Å². The van der Waals surface area contributed by atoms with Crippen LogP contribution in [-0.4, -0.2) is 5.16 Å². The van der Waals surface area contributed by atoms with Crippen molar-refractivity contribution in [3.8, 4) is 11.3 Å². The Bertz CT molecular complexity index is 652. The Balaban J connectivity index is 2.17. The van der Waals surface area contributed by atoms with Crippen LogP contribution in [0, 0.1) is 6.92 Å². The van der Waals surface area contributed by atoms with E-state index < -0.39 is 0 Å². The molecule has 0 aliphatic carbocycles. The van der Waals surface area contributed by atoms with Crippen LogP contribution in [0.15, 0.2) is 39.3 Å². The molecule has 0 atom stereocenters. The number of furan rings is 1. The number of aryl methyl sites for hydroxylation is 1. The summed E-state index contributed by atoms with van der Waals surface area (Å²) in [4.78, 5) is 0. The Morgan fingerprint density at radius 3 is 2.81 bits per heavy atom. The first-order chi connectivity index (χ1) is 7.72. The Morgan fingerprint density at radius 1 is 1.19 bits per heavy atom. The van der Waals surface area contributed by atoms with Gasteiger partial charge in [-0.3, -0.25) is 0 Å². The van der Waals surface area contributed by atoms with Gasteiger partial charge in [-0.1, -0.05) is 17.3 Å². The highest BCUT2D eigenvalue weighted by molar-refractivity contribution is 5.82. The molecular formula is C12H10N2O2. The lowest BCUT2D eigenvalue weighted by molar-refractivity contribution is 0.436. The molecule has 2 aromatic heterocycles. The summed E-state index contributed by atoms with van der Waals surface area (Å²) in [6.07, 6.45) is 0. The van der Waals surface area contributed by atoms with E-state index >= 15 is 0 Å². The molecule has 0 aliphatic heterocycles.